The van der Waals surface area contributed by atoms with E-state index in [1.807, 2.05) is 25.1 Å². The molecule has 0 bridgehead atoms. The molecule has 46 heavy (non-hydrogen) atoms. The summed E-state index contributed by atoms with van der Waals surface area (Å²) in [6.07, 6.45) is 8.79. The van der Waals surface area contributed by atoms with Gasteiger partial charge in [-0.1, -0.05) is 12.5 Å². The summed E-state index contributed by atoms with van der Waals surface area (Å²) in [4.78, 5) is 13.9. The SMILES string of the molecule is C#COP(=O)(OCC)OCC(COC(=O)CC1=C(C)/C(=C/c2ccc([S+](C)[O-])cc2)c2ccc(F)cc21)OP(=O)(OCC)OCC. The predicted molar refractivity (Wildman–Crippen MR) is 172 cm³/mol. The van der Waals surface area contributed by atoms with Crippen molar-refractivity contribution in [2.24, 2.45) is 0 Å². The third-order valence-corrected chi connectivity index (χ3v) is 10.5. The summed E-state index contributed by atoms with van der Waals surface area (Å²) >= 11 is -1.13. The number of carbonyl (C=O) groups is 1. The number of allylic oxidation sites excluding steroid dienone is 2. The predicted octanol–water partition coefficient (Wildman–Crippen LogP) is 7.16. The Morgan fingerprint density at radius 2 is 1.61 bits per heavy atom. The maximum Gasteiger partial charge on any atom is 0.538 e. The molecule has 2 aromatic rings. The minimum atomic E-state index is -4.23. The quantitative estimate of drug-likeness (QED) is 0.0678. The van der Waals surface area contributed by atoms with Gasteiger partial charge in [0.1, 0.15) is 30.9 Å². The number of ether oxygens (including phenoxy) is 1. The molecule has 3 unspecified atom stereocenters. The van der Waals surface area contributed by atoms with E-state index in [0.29, 0.717) is 16.0 Å². The van der Waals surface area contributed by atoms with Crippen LogP contribution in [0.4, 0.5) is 4.39 Å². The van der Waals surface area contributed by atoms with Crippen LogP contribution in [0.3, 0.4) is 0 Å². The number of fused-ring (bicyclic) bond motifs is 1. The van der Waals surface area contributed by atoms with Gasteiger partial charge in [0.25, 0.3) is 0 Å². The summed E-state index contributed by atoms with van der Waals surface area (Å²) < 4.78 is 88.2. The van der Waals surface area contributed by atoms with Crippen LogP contribution < -0.4 is 0 Å². The molecule has 15 heteroatoms. The highest BCUT2D eigenvalue weighted by atomic mass is 32.2. The molecule has 1 aliphatic carbocycles. The first-order valence-corrected chi connectivity index (χ1v) is 18.8. The number of phosphoric ester groups is 2. The molecule has 0 amide bonds. The van der Waals surface area contributed by atoms with Crippen LogP contribution in [0.5, 0.6) is 0 Å². The molecule has 1 aliphatic rings. The van der Waals surface area contributed by atoms with Crippen LogP contribution in [0.1, 0.15) is 50.8 Å². The average molecular weight is 699 g/mol. The van der Waals surface area contributed by atoms with Gasteiger partial charge in [0.15, 0.2) is 4.90 Å². The number of esters is 1. The second-order valence-corrected chi connectivity index (χ2v) is 14.2. The summed E-state index contributed by atoms with van der Waals surface area (Å²) in [5.74, 6) is -1.20. The number of halogens is 1. The number of hydrogen-bond acceptors (Lipinski definition) is 11. The Morgan fingerprint density at radius 3 is 2.20 bits per heavy atom. The molecule has 0 aliphatic heterocycles. The van der Waals surface area contributed by atoms with Crippen LogP contribution in [-0.4, -0.2) is 55.9 Å². The zero-order chi connectivity index (χ0) is 33.9. The summed E-state index contributed by atoms with van der Waals surface area (Å²) in [7, 11) is -8.37. The first kappa shape index (κ1) is 37.7. The first-order valence-electron chi connectivity index (χ1n) is 14.3. The monoisotopic (exact) mass is 698 g/mol. The number of terminal acetylenes is 1. The van der Waals surface area contributed by atoms with Crippen molar-refractivity contribution in [3.05, 3.63) is 70.5 Å². The molecule has 0 aromatic heterocycles. The van der Waals surface area contributed by atoms with E-state index in [9.17, 15) is 22.9 Å². The van der Waals surface area contributed by atoms with Crippen molar-refractivity contribution in [3.8, 4) is 12.5 Å². The van der Waals surface area contributed by atoms with Crippen molar-refractivity contribution in [2.75, 3.05) is 39.3 Å². The van der Waals surface area contributed by atoms with Gasteiger partial charge in [0, 0.05) is 0 Å². The van der Waals surface area contributed by atoms with Gasteiger partial charge in [-0.25, -0.2) is 13.5 Å². The van der Waals surface area contributed by atoms with Crippen LogP contribution in [0.25, 0.3) is 17.2 Å². The Kier molecular flexibility index (Phi) is 14.3. The van der Waals surface area contributed by atoms with Crippen molar-refractivity contribution in [1.82, 2.24) is 0 Å². The minimum absolute atomic E-state index is 0.0240. The van der Waals surface area contributed by atoms with E-state index >= 15 is 0 Å². The Hall–Kier alpha value is -2.75. The fourth-order valence-corrected chi connectivity index (χ4v) is 7.29. The lowest BCUT2D eigenvalue weighted by Crippen LogP contribution is -2.27. The lowest BCUT2D eigenvalue weighted by molar-refractivity contribution is -0.145. The lowest BCUT2D eigenvalue weighted by atomic mass is 10.0. The largest absolute Gasteiger partial charge is 0.612 e. The third kappa shape index (κ3) is 10.4. The lowest BCUT2D eigenvalue weighted by Gasteiger charge is -2.24. The van der Waals surface area contributed by atoms with Crippen LogP contribution >= 0.6 is 15.6 Å². The normalized spacial score (nSPS) is 16.4. The van der Waals surface area contributed by atoms with E-state index in [2.05, 4.69) is 4.52 Å². The molecule has 0 N–H and O–H groups in total. The van der Waals surface area contributed by atoms with Crippen molar-refractivity contribution in [1.29, 1.82) is 0 Å². The standard InChI is InChI=1S/C31H37FO11P2S/c1-7-38-44(34,39-8-2)42-21-25(43-45(35,40-9-3)41-10-4)20-37-31(33)19-29-22(5)28(27-16-13-24(32)18-30(27)29)17-23-11-14-26(15-12-23)46(6)36/h1,11-18,25H,8-10,19-21H2,2-6H3/b28-17-. The maximum absolute atomic E-state index is 14.4. The van der Waals surface area contributed by atoms with E-state index in [1.165, 1.54) is 12.1 Å². The van der Waals surface area contributed by atoms with Gasteiger partial charge < -0.3 is 13.8 Å². The van der Waals surface area contributed by atoms with Crippen molar-refractivity contribution in [3.63, 3.8) is 0 Å². The highest BCUT2D eigenvalue weighted by molar-refractivity contribution is 7.90. The highest BCUT2D eigenvalue weighted by Gasteiger charge is 2.35. The van der Waals surface area contributed by atoms with Crippen molar-refractivity contribution < 1.29 is 54.7 Å². The summed E-state index contributed by atoms with van der Waals surface area (Å²) in [5.41, 5.74) is 4.15. The Balaban J connectivity index is 1.84. The Morgan fingerprint density at radius 1 is 0.978 bits per heavy atom. The smallest absolute Gasteiger partial charge is 0.538 e. The molecule has 250 valence electrons. The van der Waals surface area contributed by atoms with Crippen molar-refractivity contribution in [2.45, 2.75) is 45.1 Å². The molecule has 0 saturated heterocycles. The number of rotatable bonds is 18. The minimum Gasteiger partial charge on any atom is -0.612 e. The van der Waals surface area contributed by atoms with E-state index < -0.39 is 57.9 Å². The van der Waals surface area contributed by atoms with Crippen LogP contribution in [-0.2, 0) is 57.0 Å². The van der Waals surface area contributed by atoms with Crippen LogP contribution in [0.2, 0.25) is 0 Å². The molecule has 0 spiro atoms. The summed E-state index contributed by atoms with van der Waals surface area (Å²) in [5, 5.41) is 0. The Labute approximate surface area is 271 Å². The van der Waals surface area contributed by atoms with Gasteiger partial charge in [-0.3, -0.25) is 27.4 Å². The fourth-order valence-electron chi connectivity index (χ4n) is 4.48. The van der Waals surface area contributed by atoms with E-state index in [0.717, 1.165) is 22.3 Å². The summed E-state index contributed by atoms with van der Waals surface area (Å²) in [6.45, 7) is 5.28. The van der Waals surface area contributed by atoms with Gasteiger partial charge in [-0.2, -0.15) is 0 Å². The molecule has 3 atom stereocenters. The number of hydrogen-bond donors (Lipinski definition) is 0. The molecule has 0 saturated carbocycles. The zero-order valence-corrected chi connectivity index (χ0v) is 28.8. The second-order valence-electron chi connectivity index (χ2n) is 9.61. The van der Waals surface area contributed by atoms with Gasteiger partial charge in [0.2, 0.25) is 0 Å². The fraction of sp³-hybridized carbons (Fsp3) is 0.387. The van der Waals surface area contributed by atoms with Crippen LogP contribution in [0.15, 0.2) is 52.9 Å². The molecule has 0 radical (unpaired) electrons. The second kappa shape index (κ2) is 17.4. The van der Waals surface area contributed by atoms with E-state index in [4.69, 9.17) is 33.8 Å². The van der Waals surface area contributed by atoms with E-state index in [-0.39, 0.29) is 26.2 Å². The molecule has 3 rings (SSSR count). The number of benzene rings is 2. The topological polar surface area (TPSA) is 139 Å². The first-order chi connectivity index (χ1) is 21.9. The number of phosphoric acid groups is 2. The van der Waals surface area contributed by atoms with Gasteiger partial charge in [-0.05, 0) is 115 Å². The zero-order valence-electron chi connectivity index (χ0n) is 26.2. The Bertz CT molecular complexity index is 1560. The maximum atomic E-state index is 14.4. The third-order valence-electron chi connectivity index (χ3n) is 6.45. The van der Waals surface area contributed by atoms with Crippen molar-refractivity contribution >= 4 is 50.0 Å². The summed E-state index contributed by atoms with van der Waals surface area (Å²) in [6, 6.07) is 11.5. The van der Waals surface area contributed by atoms with Gasteiger partial charge >= 0.3 is 21.6 Å². The average Bonchev–Trinajstić information content (AvgIpc) is 3.24. The molecule has 11 nitrogen and oxygen atoms in total. The van der Waals surface area contributed by atoms with Gasteiger partial charge in [-0.15, -0.1) is 0 Å². The molecular formula is C31H37FO11P2S. The molecule has 0 heterocycles. The van der Waals surface area contributed by atoms with Crippen LogP contribution in [0, 0.1) is 18.3 Å². The molecular weight excluding hydrogens is 661 g/mol. The highest BCUT2D eigenvalue weighted by Crippen LogP contribution is 2.53. The molecule has 2 aromatic carbocycles. The van der Waals surface area contributed by atoms with E-state index in [1.54, 1.807) is 51.3 Å². The van der Waals surface area contributed by atoms with Gasteiger partial charge in [0.05, 0.1) is 32.8 Å². The number of carbonyl (C=O) groups excluding carboxylic acids is 1. The molecule has 0 fully saturated rings.